The highest BCUT2D eigenvalue weighted by Gasteiger charge is 2.28. The number of hydrogen-bond donors (Lipinski definition) is 1. The normalized spacial score (nSPS) is 12.2. The number of benzene rings is 2. The zero-order valence-electron chi connectivity index (χ0n) is 17.4. The van der Waals surface area contributed by atoms with Crippen LogP contribution in [0.15, 0.2) is 54.6 Å². The Morgan fingerprint density at radius 3 is 2.25 bits per heavy atom. The maximum absolute atomic E-state index is 13.0. The number of carbonyl (C=O) groups excluding carboxylic acids is 2. The van der Waals surface area contributed by atoms with Gasteiger partial charge in [-0.3, -0.25) is 9.59 Å². The SMILES string of the molecule is Cc1ccccc1CN(C(=O)COc1ccccc1)C(C)C(=O)NC(C)(C)C. The largest absolute Gasteiger partial charge is 0.484 e. The molecular formula is C23H30N2O3. The van der Waals surface area contributed by atoms with Crippen molar-refractivity contribution in [1.29, 1.82) is 0 Å². The smallest absolute Gasteiger partial charge is 0.261 e. The average Bonchev–Trinajstić information content (AvgIpc) is 2.64. The number of nitrogens with zero attached hydrogens (tertiary/aromatic N) is 1. The molecule has 0 radical (unpaired) electrons. The zero-order valence-corrected chi connectivity index (χ0v) is 17.4. The molecule has 2 amide bonds. The average molecular weight is 383 g/mol. The van der Waals surface area contributed by atoms with Gasteiger partial charge in [0.05, 0.1) is 0 Å². The molecule has 5 heteroatoms. The Kier molecular flexibility index (Phi) is 7.21. The van der Waals surface area contributed by atoms with Gasteiger partial charge in [0, 0.05) is 12.1 Å². The lowest BCUT2D eigenvalue weighted by Crippen LogP contribution is -2.53. The van der Waals surface area contributed by atoms with Crippen LogP contribution in [0.25, 0.3) is 0 Å². The molecule has 0 fully saturated rings. The fourth-order valence-corrected chi connectivity index (χ4v) is 2.77. The van der Waals surface area contributed by atoms with Crippen LogP contribution in [0.5, 0.6) is 5.75 Å². The number of carbonyl (C=O) groups is 2. The number of ether oxygens (including phenoxy) is 1. The van der Waals surface area contributed by atoms with E-state index < -0.39 is 6.04 Å². The number of amides is 2. The van der Waals surface area contributed by atoms with Gasteiger partial charge in [0.15, 0.2) is 6.61 Å². The number of rotatable bonds is 7. The summed E-state index contributed by atoms with van der Waals surface area (Å²) in [7, 11) is 0. The van der Waals surface area contributed by atoms with Gasteiger partial charge in [0.1, 0.15) is 11.8 Å². The third kappa shape index (κ3) is 6.41. The standard InChI is InChI=1S/C23H30N2O3/c1-17-11-9-10-12-19(17)15-25(18(2)22(27)24-23(3,4)5)21(26)16-28-20-13-7-6-8-14-20/h6-14,18H,15-16H2,1-5H3,(H,24,27). The molecule has 0 bridgehead atoms. The molecular weight excluding hydrogens is 352 g/mol. The van der Waals surface area contributed by atoms with E-state index in [0.29, 0.717) is 12.3 Å². The van der Waals surface area contributed by atoms with Gasteiger partial charge in [-0.05, 0) is 57.9 Å². The van der Waals surface area contributed by atoms with E-state index in [1.165, 1.54) is 0 Å². The molecule has 1 N–H and O–H groups in total. The molecule has 0 aliphatic heterocycles. The van der Waals surface area contributed by atoms with Crippen molar-refractivity contribution in [2.45, 2.75) is 52.7 Å². The fraction of sp³-hybridized carbons (Fsp3) is 0.391. The first-order valence-corrected chi connectivity index (χ1v) is 9.51. The minimum absolute atomic E-state index is 0.122. The van der Waals surface area contributed by atoms with Crippen molar-refractivity contribution in [3.8, 4) is 5.75 Å². The Hall–Kier alpha value is -2.82. The molecule has 0 aromatic heterocycles. The molecule has 2 rings (SSSR count). The predicted molar refractivity (Wildman–Crippen MR) is 111 cm³/mol. The molecule has 0 aliphatic rings. The van der Waals surface area contributed by atoms with Gasteiger partial charge in [0.2, 0.25) is 5.91 Å². The van der Waals surface area contributed by atoms with Crippen LogP contribution >= 0.6 is 0 Å². The lowest BCUT2D eigenvalue weighted by atomic mass is 10.1. The van der Waals surface area contributed by atoms with Gasteiger partial charge in [-0.2, -0.15) is 0 Å². The molecule has 0 heterocycles. The second-order valence-corrected chi connectivity index (χ2v) is 7.97. The minimum Gasteiger partial charge on any atom is -0.484 e. The Labute approximate surface area is 167 Å². The van der Waals surface area contributed by atoms with Crippen LogP contribution in [0.2, 0.25) is 0 Å². The van der Waals surface area contributed by atoms with Gasteiger partial charge in [0.25, 0.3) is 5.91 Å². The second-order valence-electron chi connectivity index (χ2n) is 7.97. The Balaban J connectivity index is 2.18. The number of aryl methyl sites for hydroxylation is 1. The highest BCUT2D eigenvalue weighted by atomic mass is 16.5. The van der Waals surface area contributed by atoms with Crippen molar-refractivity contribution < 1.29 is 14.3 Å². The van der Waals surface area contributed by atoms with Crippen LogP contribution in [0, 0.1) is 6.92 Å². The summed E-state index contributed by atoms with van der Waals surface area (Å²) in [6.45, 7) is 9.74. The predicted octanol–water partition coefficient (Wildman–Crippen LogP) is 3.71. The summed E-state index contributed by atoms with van der Waals surface area (Å²) in [5.74, 6) is 0.205. The number of nitrogens with one attached hydrogen (secondary N) is 1. The molecule has 0 aliphatic carbocycles. The van der Waals surface area contributed by atoms with Gasteiger partial charge in [-0.1, -0.05) is 42.5 Å². The van der Waals surface area contributed by atoms with Crippen molar-refractivity contribution in [3.05, 3.63) is 65.7 Å². The molecule has 0 spiro atoms. The summed E-state index contributed by atoms with van der Waals surface area (Å²) < 4.78 is 5.62. The van der Waals surface area contributed by atoms with Crippen LogP contribution in [-0.4, -0.2) is 34.9 Å². The van der Waals surface area contributed by atoms with Crippen molar-refractivity contribution >= 4 is 11.8 Å². The fourth-order valence-electron chi connectivity index (χ4n) is 2.77. The van der Waals surface area contributed by atoms with Crippen molar-refractivity contribution in [2.75, 3.05) is 6.61 Å². The Bertz CT molecular complexity index is 797. The van der Waals surface area contributed by atoms with Crippen LogP contribution in [0.3, 0.4) is 0 Å². The zero-order chi connectivity index (χ0) is 20.7. The van der Waals surface area contributed by atoms with E-state index in [1.54, 1.807) is 24.0 Å². The van der Waals surface area contributed by atoms with Gasteiger partial charge in [-0.15, -0.1) is 0 Å². The number of para-hydroxylation sites is 1. The first-order chi connectivity index (χ1) is 13.2. The molecule has 0 saturated carbocycles. The monoisotopic (exact) mass is 382 g/mol. The van der Waals surface area contributed by atoms with Crippen LogP contribution in [0.1, 0.15) is 38.8 Å². The van der Waals surface area contributed by atoms with Crippen molar-refractivity contribution in [3.63, 3.8) is 0 Å². The molecule has 1 unspecified atom stereocenters. The third-order valence-corrected chi connectivity index (χ3v) is 4.37. The second kappa shape index (κ2) is 9.40. The third-order valence-electron chi connectivity index (χ3n) is 4.37. The van der Waals surface area contributed by atoms with E-state index in [2.05, 4.69) is 5.32 Å². The van der Waals surface area contributed by atoms with Gasteiger partial charge < -0.3 is 15.0 Å². The summed E-state index contributed by atoms with van der Waals surface area (Å²) in [6, 6.07) is 16.4. The highest BCUT2D eigenvalue weighted by Crippen LogP contribution is 2.15. The van der Waals surface area contributed by atoms with Gasteiger partial charge >= 0.3 is 0 Å². The maximum Gasteiger partial charge on any atom is 0.261 e. The lowest BCUT2D eigenvalue weighted by Gasteiger charge is -2.31. The van der Waals surface area contributed by atoms with Crippen molar-refractivity contribution in [2.24, 2.45) is 0 Å². The van der Waals surface area contributed by atoms with E-state index in [9.17, 15) is 9.59 Å². The van der Waals surface area contributed by atoms with E-state index in [4.69, 9.17) is 4.74 Å². The molecule has 2 aromatic carbocycles. The maximum atomic E-state index is 13.0. The first-order valence-electron chi connectivity index (χ1n) is 9.51. The van der Waals surface area contributed by atoms with E-state index >= 15 is 0 Å². The minimum atomic E-state index is -0.620. The van der Waals surface area contributed by atoms with E-state index in [0.717, 1.165) is 11.1 Å². The molecule has 1 atom stereocenters. The first kappa shape index (κ1) is 21.5. The van der Waals surface area contributed by atoms with Crippen LogP contribution < -0.4 is 10.1 Å². The molecule has 2 aromatic rings. The molecule has 0 saturated heterocycles. The van der Waals surface area contributed by atoms with Crippen molar-refractivity contribution in [1.82, 2.24) is 10.2 Å². The quantitative estimate of drug-likeness (QED) is 0.794. The molecule has 5 nitrogen and oxygen atoms in total. The number of hydrogen-bond acceptors (Lipinski definition) is 3. The van der Waals surface area contributed by atoms with E-state index in [1.807, 2.05) is 70.2 Å². The Morgan fingerprint density at radius 2 is 1.64 bits per heavy atom. The summed E-state index contributed by atoms with van der Waals surface area (Å²) in [6.07, 6.45) is 0. The summed E-state index contributed by atoms with van der Waals surface area (Å²) in [5.41, 5.74) is 1.71. The summed E-state index contributed by atoms with van der Waals surface area (Å²) >= 11 is 0. The van der Waals surface area contributed by atoms with Crippen LogP contribution in [0.4, 0.5) is 0 Å². The summed E-state index contributed by atoms with van der Waals surface area (Å²) in [5, 5.41) is 2.95. The Morgan fingerprint density at radius 1 is 1.04 bits per heavy atom. The van der Waals surface area contributed by atoms with Gasteiger partial charge in [-0.25, -0.2) is 0 Å². The molecule has 150 valence electrons. The summed E-state index contributed by atoms with van der Waals surface area (Å²) in [4.78, 5) is 27.2. The lowest BCUT2D eigenvalue weighted by molar-refractivity contribution is -0.142. The molecule has 28 heavy (non-hydrogen) atoms. The highest BCUT2D eigenvalue weighted by molar-refractivity contribution is 5.88. The topological polar surface area (TPSA) is 58.6 Å². The van der Waals surface area contributed by atoms with Crippen LogP contribution in [-0.2, 0) is 16.1 Å². The van der Waals surface area contributed by atoms with E-state index in [-0.39, 0.29) is 24.0 Å².